The van der Waals surface area contributed by atoms with Crippen LogP contribution in [-0.4, -0.2) is 59.8 Å². The summed E-state index contributed by atoms with van der Waals surface area (Å²) in [6.45, 7) is 7.35. The lowest BCUT2D eigenvalue weighted by molar-refractivity contribution is -0.218. The van der Waals surface area contributed by atoms with Crippen molar-refractivity contribution in [3.63, 3.8) is 0 Å². The Morgan fingerprint density at radius 3 is 2.04 bits per heavy atom. The first-order valence-electron chi connectivity index (χ1n) is 9.24. The summed E-state index contributed by atoms with van der Waals surface area (Å²) in [6.07, 6.45) is -1.67. The van der Waals surface area contributed by atoms with Gasteiger partial charge in [-0.3, -0.25) is 9.59 Å². The van der Waals surface area contributed by atoms with Gasteiger partial charge in [0.1, 0.15) is 24.9 Å². The first-order valence-corrected chi connectivity index (χ1v) is 9.24. The van der Waals surface area contributed by atoms with Crippen molar-refractivity contribution in [2.75, 3.05) is 13.2 Å². The number of aliphatic hydroxyl groups is 2. The molecular weight excluding hydrogens is 328 g/mol. The molecule has 4 atom stereocenters. The maximum atomic E-state index is 12.1. The molecule has 1 fully saturated rings. The molecule has 0 aliphatic carbocycles. The average Bonchev–Trinajstić information content (AvgIpc) is 2.60. The molecule has 1 saturated heterocycles. The highest BCUT2D eigenvalue weighted by atomic mass is 16.6. The SMILES string of the molecule is CCC(CC)C(=O)OC[C@H]1OC[C@H](O)[C@@H](OC(=O)C(CC)CC)[C@@H]1O. The van der Waals surface area contributed by atoms with Gasteiger partial charge in [0, 0.05) is 0 Å². The number of aliphatic hydroxyl groups excluding tert-OH is 2. The van der Waals surface area contributed by atoms with Gasteiger partial charge in [0.25, 0.3) is 0 Å². The minimum Gasteiger partial charge on any atom is -0.463 e. The summed E-state index contributed by atoms with van der Waals surface area (Å²) in [7, 11) is 0. The zero-order chi connectivity index (χ0) is 19.0. The molecule has 0 bridgehead atoms. The van der Waals surface area contributed by atoms with Gasteiger partial charge < -0.3 is 24.4 Å². The molecule has 7 nitrogen and oxygen atoms in total. The summed E-state index contributed by atoms with van der Waals surface area (Å²) < 4.78 is 15.9. The summed E-state index contributed by atoms with van der Waals surface area (Å²) in [5.41, 5.74) is 0. The number of hydrogen-bond donors (Lipinski definition) is 2. The maximum Gasteiger partial charge on any atom is 0.309 e. The summed E-state index contributed by atoms with van der Waals surface area (Å²) >= 11 is 0. The van der Waals surface area contributed by atoms with E-state index in [2.05, 4.69) is 0 Å². The smallest absolute Gasteiger partial charge is 0.309 e. The fourth-order valence-corrected chi connectivity index (χ4v) is 2.91. The van der Waals surface area contributed by atoms with Crippen LogP contribution in [0.4, 0.5) is 0 Å². The van der Waals surface area contributed by atoms with Gasteiger partial charge in [-0.05, 0) is 25.7 Å². The van der Waals surface area contributed by atoms with Crippen molar-refractivity contribution in [2.24, 2.45) is 11.8 Å². The molecule has 0 aromatic heterocycles. The number of carbonyl (C=O) groups is 2. The highest BCUT2D eigenvalue weighted by Gasteiger charge is 2.42. The summed E-state index contributed by atoms with van der Waals surface area (Å²) in [5.74, 6) is -1.23. The van der Waals surface area contributed by atoms with Crippen molar-refractivity contribution in [2.45, 2.75) is 77.8 Å². The van der Waals surface area contributed by atoms with E-state index < -0.39 is 30.4 Å². The molecule has 1 heterocycles. The number of carbonyl (C=O) groups excluding carboxylic acids is 2. The van der Waals surface area contributed by atoms with E-state index in [4.69, 9.17) is 14.2 Å². The van der Waals surface area contributed by atoms with E-state index in [0.29, 0.717) is 25.7 Å². The normalized spacial score (nSPS) is 26.7. The van der Waals surface area contributed by atoms with Crippen LogP contribution in [-0.2, 0) is 23.8 Å². The van der Waals surface area contributed by atoms with Gasteiger partial charge in [0.15, 0.2) is 6.10 Å². The Kier molecular flexibility index (Phi) is 9.38. The predicted octanol–water partition coefficient (Wildman–Crippen LogP) is 1.43. The van der Waals surface area contributed by atoms with Crippen LogP contribution in [0.5, 0.6) is 0 Å². The Morgan fingerprint density at radius 1 is 1.00 bits per heavy atom. The van der Waals surface area contributed by atoms with Gasteiger partial charge in [-0.25, -0.2) is 0 Å². The Bertz CT molecular complexity index is 418. The second kappa shape index (κ2) is 10.7. The number of esters is 2. The van der Waals surface area contributed by atoms with Crippen molar-refractivity contribution in [1.82, 2.24) is 0 Å². The summed E-state index contributed by atoms with van der Waals surface area (Å²) in [4.78, 5) is 24.1. The molecule has 1 aliphatic rings. The first-order chi connectivity index (χ1) is 11.9. The van der Waals surface area contributed by atoms with Crippen LogP contribution in [0.25, 0.3) is 0 Å². The molecule has 25 heavy (non-hydrogen) atoms. The molecular formula is C18H32O7. The molecule has 0 amide bonds. The highest BCUT2D eigenvalue weighted by molar-refractivity contribution is 5.73. The second-order valence-electron chi connectivity index (χ2n) is 6.49. The van der Waals surface area contributed by atoms with E-state index in [1.165, 1.54) is 0 Å². The lowest BCUT2D eigenvalue weighted by Crippen LogP contribution is -2.56. The Labute approximate surface area is 149 Å². The van der Waals surface area contributed by atoms with E-state index in [0.717, 1.165) is 0 Å². The van der Waals surface area contributed by atoms with Gasteiger partial charge in [-0.15, -0.1) is 0 Å². The van der Waals surface area contributed by atoms with E-state index >= 15 is 0 Å². The number of ether oxygens (including phenoxy) is 3. The Morgan fingerprint density at radius 2 is 1.52 bits per heavy atom. The standard InChI is InChI=1S/C18H32O7/c1-5-11(6-2)17(21)24-10-14-15(20)16(13(19)9-23-14)25-18(22)12(7-3)8-4/h11-16,19-20H,5-10H2,1-4H3/t13-,14+,15+,16+/m0/s1. The molecule has 146 valence electrons. The van der Waals surface area contributed by atoms with Crippen molar-refractivity contribution in [1.29, 1.82) is 0 Å². The molecule has 1 rings (SSSR count). The van der Waals surface area contributed by atoms with Crippen LogP contribution in [0.3, 0.4) is 0 Å². The van der Waals surface area contributed by atoms with Crippen LogP contribution >= 0.6 is 0 Å². The van der Waals surface area contributed by atoms with Crippen molar-refractivity contribution in [3.05, 3.63) is 0 Å². The van der Waals surface area contributed by atoms with Gasteiger partial charge in [-0.1, -0.05) is 27.7 Å². The summed E-state index contributed by atoms with van der Waals surface area (Å²) in [5, 5.41) is 20.4. The van der Waals surface area contributed by atoms with Crippen LogP contribution in [0, 0.1) is 11.8 Å². The topological polar surface area (TPSA) is 102 Å². The zero-order valence-corrected chi connectivity index (χ0v) is 15.6. The Hall–Kier alpha value is -1.18. The average molecular weight is 360 g/mol. The van der Waals surface area contributed by atoms with E-state index in [1.54, 1.807) is 0 Å². The zero-order valence-electron chi connectivity index (χ0n) is 15.6. The predicted molar refractivity (Wildman–Crippen MR) is 90.7 cm³/mol. The Balaban J connectivity index is 2.64. The third-order valence-corrected chi connectivity index (χ3v) is 4.86. The lowest BCUT2D eigenvalue weighted by Gasteiger charge is -2.37. The molecule has 7 heteroatoms. The minimum atomic E-state index is -1.25. The molecule has 0 saturated carbocycles. The van der Waals surface area contributed by atoms with Crippen LogP contribution < -0.4 is 0 Å². The monoisotopic (exact) mass is 360 g/mol. The van der Waals surface area contributed by atoms with Crippen LogP contribution in [0.2, 0.25) is 0 Å². The summed E-state index contributed by atoms with van der Waals surface area (Å²) in [6, 6.07) is 0. The number of hydrogen-bond acceptors (Lipinski definition) is 7. The molecule has 0 aromatic carbocycles. The fraction of sp³-hybridized carbons (Fsp3) is 0.889. The molecule has 0 unspecified atom stereocenters. The number of rotatable bonds is 9. The first kappa shape index (κ1) is 21.9. The van der Waals surface area contributed by atoms with Gasteiger partial charge in [-0.2, -0.15) is 0 Å². The second-order valence-corrected chi connectivity index (χ2v) is 6.49. The van der Waals surface area contributed by atoms with E-state index in [1.807, 2.05) is 27.7 Å². The van der Waals surface area contributed by atoms with Gasteiger partial charge in [0.2, 0.25) is 0 Å². The quantitative estimate of drug-likeness (QED) is 0.600. The minimum absolute atomic E-state index is 0.0921. The lowest BCUT2D eigenvalue weighted by atomic mass is 9.99. The molecule has 0 radical (unpaired) electrons. The highest BCUT2D eigenvalue weighted by Crippen LogP contribution is 2.22. The van der Waals surface area contributed by atoms with Crippen molar-refractivity contribution < 1.29 is 34.0 Å². The largest absolute Gasteiger partial charge is 0.463 e. The molecule has 1 aliphatic heterocycles. The molecule has 2 N–H and O–H groups in total. The third kappa shape index (κ3) is 5.94. The van der Waals surface area contributed by atoms with Crippen molar-refractivity contribution >= 4 is 11.9 Å². The van der Waals surface area contributed by atoms with Gasteiger partial charge in [0.05, 0.1) is 18.4 Å². The van der Waals surface area contributed by atoms with E-state index in [-0.39, 0.29) is 31.0 Å². The third-order valence-electron chi connectivity index (χ3n) is 4.86. The van der Waals surface area contributed by atoms with Crippen LogP contribution in [0.1, 0.15) is 53.4 Å². The maximum absolute atomic E-state index is 12.1. The molecule has 0 spiro atoms. The fourth-order valence-electron chi connectivity index (χ4n) is 2.91. The van der Waals surface area contributed by atoms with Crippen LogP contribution in [0.15, 0.2) is 0 Å². The van der Waals surface area contributed by atoms with E-state index in [9.17, 15) is 19.8 Å². The van der Waals surface area contributed by atoms with Gasteiger partial charge >= 0.3 is 11.9 Å². The molecule has 0 aromatic rings. The van der Waals surface area contributed by atoms with Crippen molar-refractivity contribution in [3.8, 4) is 0 Å².